The highest BCUT2D eigenvalue weighted by molar-refractivity contribution is 5.74. The molecule has 142 valence electrons. The third-order valence-corrected chi connectivity index (χ3v) is 5.56. The van der Waals surface area contributed by atoms with Gasteiger partial charge in [-0.25, -0.2) is 0 Å². The molecule has 1 heterocycles. The second-order valence-electron chi connectivity index (χ2n) is 7.48. The van der Waals surface area contributed by atoms with Crippen molar-refractivity contribution in [3.8, 4) is 0 Å². The number of rotatable bonds is 6. The second-order valence-corrected chi connectivity index (χ2v) is 7.48. The van der Waals surface area contributed by atoms with E-state index in [-0.39, 0.29) is 5.97 Å². The minimum absolute atomic E-state index is 0.172. The predicted octanol–water partition coefficient (Wildman–Crippen LogP) is 4.62. The van der Waals surface area contributed by atoms with Crippen LogP contribution in [0.3, 0.4) is 0 Å². The maximum Gasteiger partial charge on any atom is 0.310 e. The lowest BCUT2D eigenvalue weighted by atomic mass is 10.1. The van der Waals surface area contributed by atoms with Crippen LogP contribution in [0.25, 0.3) is 0 Å². The molecule has 1 N–H and O–H groups in total. The van der Waals surface area contributed by atoms with E-state index in [1.54, 1.807) is 0 Å². The van der Waals surface area contributed by atoms with Crippen molar-refractivity contribution in [3.63, 3.8) is 0 Å². The third-order valence-electron chi connectivity index (χ3n) is 5.56. The van der Waals surface area contributed by atoms with Gasteiger partial charge in [0, 0.05) is 30.2 Å². The number of esters is 1. The first-order chi connectivity index (χ1) is 13.2. The molecule has 1 fully saturated rings. The Labute approximate surface area is 161 Å². The lowest BCUT2D eigenvalue weighted by Crippen LogP contribution is -2.18. The number of carbonyl (C=O) groups excluding carboxylic acids is 1. The van der Waals surface area contributed by atoms with Gasteiger partial charge in [0.2, 0.25) is 0 Å². The maximum absolute atomic E-state index is 11.6. The van der Waals surface area contributed by atoms with E-state index in [9.17, 15) is 4.79 Å². The first-order valence-electron chi connectivity index (χ1n) is 10.2. The molecular formula is C23H28N2O2. The van der Waals surface area contributed by atoms with E-state index >= 15 is 0 Å². The summed E-state index contributed by atoms with van der Waals surface area (Å²) in [5.41, 5.74) is 7.61. The average molecular weight is 364 g/mol. The number of benzene rings is 2. The number of hydrogen-bond acceptors (Lipinski definition) is 4. The van der Waals surface area contributed by atoms with Gasteiger partial charge in [0.05, 0.1) is 13.0 Å². The van der Waals surface area contributed by atoms with Crippen molar-refractivity contribution < 1.29 is 9.53 Å². The maximum atomic E-state index is 11.6. The highest BCUT2D eigenvalue weighted by Gasteiger charge is 2.20. The van der Waals surface area contributed by atoms with Crippen molar-refractivity contribution in [1.29, 1.82) is 0 Å². The molecule has 4 nitrogen and oxygen atoms in total. The van der Waals surface area contributed by atoms with Crippen LogP contribution < -0.4 is 10.2 Å². The molecule has 0 bridgehead atoms. The molecule has 0 atom stereocenters. The van der Waals surface area contributed by atoms with Crippen LogP contribution in [0, 0.1) is 0 Å². The number of aryl methyl sites for hydroxylation is 1. The van der Waals surface area contributed by atoms with Crippen LogP contribution in [0.15, 0.2) is 36.4 Å². The topological polar surface area (TPSA) is 41.6 Å². The van der Waals surface area contributed by atoms with Gasteiger partial charge in [0.15, 0.2) is 0 Å². The lowest BCUT2D eigenvalue weighted by Gasteiger charge is -2.21. The van der Waals surface area contributed by atoms with Crippen molar-refractivity contribution in [1.82, 2.24) is 0 Å². The Morgan fingerprint density at radius 1 is 1.07 bits per heavy atom. The third kappa shape index (κ3) is 4.10. The van der Waals surface area contributed by atoms with Crippen molar-refractivity contribution >= 4 is 23.0 Å². The van der Waals surface area contributed by atoms with Crippen LogP contribution in [-0.2, 0) is 28.8 Å². The fourth-order valence-electron chi connectivity index (χ4n) is 4.20. The monoisotopic (exact) mass is 364 g/mol. The minimum atomic E-state index is -0.172. The van der Waals surface area contributed by atoms with Crippen LogP contribution in [0.2, 0.25) is 0 Å². The molecule has 2 aromatic rings. The lowest BCUT2D eigenvalue weighted by molar-refractivity contribution is -0.142. The van der Waals surface area contributed by atoms with Crippen molar-refractivity contribution in [2.24, 2.45) is 0 Å². The Morgan fingerprint density at radius 3 is 2.59 bits per heavy atom. The number of nitrogens with zero attached hydrogens (tertiary/aromatic N) is 1. The summed E-state index contributed by atoms with van der Waals surface area (Å²) in [6.07, 6.45) is 6.49. The number of nitrogens with one attached hydrogen (secondary N) is 1. The molecule has 4 heteroatoms. The molecule has 2 aromatic carbocycles. The van der Waals surface area contributed by atoms with Gasteiger partial charge in [0.1, 0.15) is 0 Å². The summed E-state index contributed by atoms with van der Waals surface area (Å²) in [6.45, 7) is 4.60. The number of anilines is 3. The Balaban J connectivity index is 1.52. The molecule has 0 saturated carbocycles. The normalized spacial score (nSPS) is 15.7. The Morgan fingerprint density at radius 2 is 1.85 bits per heavy atom. The quantitative estimate of drug-likeness (QED) is 0.759. The first kappa shape index (κ1) is 17.9. The molecule has 27 heavy (non-hydrogen) atoms. The molecule has 4 rings (SSSR count). The summed E-state index contributed by atoms with van der Waals surface area (Å²) in [5.74, 6) is -0.172. The van der Waals surface area contributed by atoms with Gasteiger partial charge < -0.3 is 15.0 Å². The van der Waals surface area contributed by atoms with Gasteiger partial charge in [-0.2, -0.15) is 0 Å². The van der Waals surface area contributed by atoms with E-state index < -0.39 is 0 Å². The van der Waals surface area contributed by atoms with Gasteiger partial charge in [0.25, 0.3) is 0 Å². The van der Waals surface area contributed by atoms with Crippen LogP contribution in [0.5, 0.6) is 0 Å². The van der Waals surface area contributed by atoms with E-state index in [1.165, 1.54) is 61.3 Å². The largest absolute Gasteiger partial charge is 0.466 e. The molecule has 0 radical (unpaired) electrons. The Kier molecular flexibility index (Phi) is 5.33. The molecule has 0 unspecified atom stereocenters. The van der Waals surface area contributed by atoms with E-state index in [2.05, 4.69) is 34.5 Å². The van der Waals surface area contributed by atoms with Gasteiger partial charge in [-0.05, 0) is 80.0 Å². The summed E-state index contributed by atoms with van der Waals surface area (Å²) in [5, 5.41) is 3.63. The number of ether oxygens (including phenoxy) is 1. The standard InChI is InChI=1S/C23H28N2O2/c1-2-27-23(26)14-17-8-10-19(11-9-17)24-22-16-20(25-12-3-4-13-25)15-18-6-5-7-21(18)22/h8-11,15-16,24H,2-7,12-14H2,1H3. The molecular weight excluding hydrogens is 336 g/mol. The number of fused-ring (bicyclic) bond motifs is 1. The van der Waals surface area contributed by atoms with Gasteiger partial charge >= 0.3 is 5.97 Å². The second kappa shape index (κ2) is 8.03. The van der Waals surface area contributed by atoms with Gasteiger partial charge in [-0.3, -0.25) is 4.79 Å². The van der Waals surface area contributed by atoms with E-state index in [4.69, 9.17) is 4.74 Å². The first-order valence-corrected chi connectivity index (χ1v) is 10.2. The van der Waals surface area contributed by atoms with E-state index in [0.29, 0.717) is 13.0 Å². The SMILES string of the molecule is CCOC(=O)Cc1ccc(Nc2cc(N3CCCC3)cc3c2CCC3)cc1. The number of carbonyl (C=O) groups is 1. The molecule has 0 aromatic heterocycles. The molecule has 0 amide bonds. The minimum Gasteiger partial charge on any atom is -0.466 e. The van der Waals surface area contributed by atoms with E-state index in [0.717, 1.165) is 17.7 Å². The van der Waals surface area contributed by atoms with Crippen LogP contribution >= 0.6 is 0 Å². The van der Waals surface area contributed by atoms with Crippen molar-refractivity contribution in [3.05, 3.63) is 53.1 Å². The van der Waals surface area contributed by atoms with Gasteiger partial charge in [-0.15, -0.1) is 0 Å². The summed E-state index contributed by atoms with van der Waals surface area (Å²) in [4.78, 5) is 14.1. The van der Waals surface area contributed by atoms with Crippen LogP contribution in [0.1, 0.15) is 42.9 Å². The molecule has 1 aliphatic carbocycles. The van der Waals surface area contributed by atoms with Crippen molar-refractivity contribution in [2.45, 2.75) is 45.4 Å². The Hall–Kier alpha value is -2.49. The summed E-state index contributed by atoms with van der Waals surface area (Å²) >= 11 is 0. The zero-order valence-electron chi connectivity index (χ0n) is 16.1. The fraction of sp³-hybridized carbons (Fsp3) is 0.435. The molecule has 0 spiro atoms. The molecule has 2 aliphatic rings. The molecule has 1 aliphatic heterocycles. The van der Waals surface area contributed by atoms with Crippen molar-refractivity contribution in [2.75, 3.05) is 29.9 Å². The fourth-order valence-corrected chi connectivity index (χ4v) is 4.20. The summed E-state index contributed by atoms with van der Waals surface area (Å²) < 4.78 is 5.02. The highest BCUT2D eigenvalue weighted by Crippen LogP contribution is 2.36. The van der Waals surface area contributed by atoms with Gasteiger partial charge in [-0.1, -0.05) is 12.1 Å². The van der Waals surface area contributed by atoms with Crippen LogP contribution in [0.4, 0.5) is 17.1 Å². The smallest absolute Gasteiger partial charge is 0.310 e. The summed E-state index contributed by atoms with van der Waals surface area (Å²) in [7, 11) is 0. The highest BCUT2D eigenvalue weighted by atomic mass is 16.5. The average Bonchev–Trinajstić information content (AvgIpc) is 3.35. The predicted molar refractivity (Wildman–Crippen MR) is 110 cm³/mol. The van der Waals surface area contributed by atoms with Crippen LogP contribution in [-0.4, -0.2) is 25.7 Å². The number of hydrogen-bond donors (Lipinski definition) is 1. The van der Waals surface area contributed by atoms with E-state index in [1.807, 2.05) is 19.1 Å². The molecule has 1 saturated heterocycles. The Bertz CT molecular complexity index is 808. The summed E-state index contributed by atoms with van der Waals surface area (Å²) in [6, 6.07) is 12.8. The zero-order valence-corrected chi connectivity index (χ0v) is 16.1. The zero-order chi connectivity index (χ0) is 18.6.